The molecule has 0 aliphatic heterocycles. The van der Waals surface area contributed by atoms with Crippen LogP contribution >= 0.6 is 0 Å². The van der Waals surface area contributed by atoms with Crippen LogP contribution in [-0.2, 0) is 4.74 Å². The van der Waals surface area contributed by atoms with E-state index in [-0.39, 0.29) is 0 Å². The highest BCUT2D eigenvalue weighted by Gasteiger charge is 2.22. The van der Waals surface area contributed by atoms with Gasteiger partial charge in [0.25, 0.3) is 0 Å². The van der Waals surface area contributed by atoms with E-state index in [1.165, 1.54) is 25.7 Å². The molecule has 1 saturated carbocycles. The molecule has 0 aromatic rings. The molecule has 0 saturated heterocycles. The van der Waals surface area contributed by atoms with Gasteiger partial charge in [0, 0.05) is 26.3 Å². The molecule has 0 unspecified atom stereocenters. The highest BCUT2D eigenvalue weighted by atomic mass is 16.5. The molecule has 0 aromatic heterocycles. The predicted molar refractivity (Wildman–Crippen MR) is 69.7 cm³/mol. The molecule has 1 rings (SSSR count). The molecule has 1 aliphatic rings. The molecule has 0 heterocycles. The van der Waals surface area contributed by atoms with Gasteiger partial charge in [-0.2, -0.15) is 0 Å². The summed E-state index contributed by atoms with van der Waals surface area (Å²) in [5, 5.41) is 3.74. The van der Waals surface area contributed by atoms with Gasteiger partial charge < -0.3 is 10.1 Å². The van der Waals surface area contributed by atoms with Crippen LogP contribution in [0.5, 0.6) is 0 Å². The van der Waals surface area contributed by atoms with E-state index in [0.29, 0.717) is 5.41 Å². The zero-order chi connectivity index (χ0) is 12.0. The fourth-order valence-electron chi connectivity index (χ4n) is 2.35. The molecular weight excluding hydrogens is 198 g/mol. The maximum absolute atomic E-state index is 5.16. The van der Waals surface area contributed by atoms with E-state index in [1.54, 1.807) is 7.11 Å². The van der Waals surface area contributed by atoms with Crippen LogP contribution in [0.1, 0.15) is 52.9 Å². The van der Waals surface area contributed by atoms with E-state index < -0.39 is 0 Å². The SMILES string of the molecule is COCCC(C)(C)CNC1CCC(C)CC1. The molecular formula is C14H29NO. The van der Waals surface area contributed by atoms with Crippen LogP contribution in [0.3, 0.4) is 0 Å². The summed E-state index contributed by atoms with van der Waals surface area (Å²) in [6, 6.07) is 0.762. The van der Waals surface area contributed by atoms with Gasteiger partial charge in [-0.1, -0.05) is 20.8 Å². The normalized spacial score (nSPS) is 27.0. The predicted octanol–water partition coefficient (Wildman–Crippen LogP) is 3.22. The van der Waals surface area contributed by atoms with Crippen LogP contribution in [0.15, 0.2) is 0 Å². The van der Waals surface area contributed by atoms with Gasteiger partial charge in [0.1, 0.15) is 0 Å². The Balaban J connectivity index is 2.17. The van der Waals surface area contributed by atoms with Crippen LogP contribution in [0.25, 0.3) is 0 Å². The van der Waals surface area contributed by atoms with Gasteiger partial charge in [-0.25, -0.2) is 0 Å². The maximum Gasteiger partial charge on any atom is 0.0467 e. The Kier molecular flexibility index (Phi) is 5.77. The van der Waals surface area contributed by atoms with Crippen molar-refractivity contribution >= 4 is 0 Å². The molecule has 1 fully saturated rings. The van der Waals surface area contributed by atoms with E-state index in [4.69, 9.17) is 4.74 Å². The molecule has 0 amide bonds. The smallest absolute Gasteiger partial charge is 0.0467 e. The van der Waals surface area contributed by atoms with Gasteiger partial charge in [-0.3, -0.25) is 0 Å². The van der Waals surface area contributed by atoms with Gasteiger partial charge in [-0.05, 0) is 43.4 Å². The highest BCUT2D eigenvalue weighted by molar-refractivity contribution is 4.79. The van der Waals surface area contributed by atoms with E-state index in [0.717, 1.165) is 31.5 Å². The fraction of sp³-hybridized carbons (Fsp3) is 1.00. The zero-order valence-corrected chi connectivity index (χ0v) is 11.5. The van der Waals surface area contributed by atoms with Crippen molar-refractivity contribution < 1.29 is 4.74 Å². The lowest BCUT2D eigenvalue weighted by Gasteiger charge is -2.31. The molecule has 2 nitrogen and oxygen atoms in total. The Hall–Kier alpha value is -0.0800. The van der Waals surface area contributed by atoms with Crippen molar-refractivity contribution in [1.82, 2.24) is 5.32 Å². The minimum absolute atomic E-state index is 0.360. The minimum Gasteiger partial charge on any atom is -0.385 e. The Morgan fingerprint density at radius 2 is 1.81 bits per heavy atom. The van der Waals surface area contributed by atoms with Crippen molar-refractivity contribution in [2.75, 3.05) is 20.3 Å². The second-order valence-corrected chi connectivity index (χ2v) is 6.24. The lowest BCUT2D eigenvalue weighted by molar-refractivity contribution is 0.146. The highest BCUT2D eigenvalue weighted by Crippen LogP contribution is 2.25. The second kappa shape index (κ2) is 6.61. The van der Waals surface area contributed by atoms with Crippen LogP contribution in [0, 0.1) is 11.3 Å². The summed E-state index contributed by atoms with van der Waals surface area (Å²) in [5.41, 5.74) is 0.360. The Morgan fingerprint density at radius 1 is 1.19 bits per heavy atom. The van der Waals surface area contributed by atoms with Crippen molar-refractivity contribution in [3.05, 3.63) is 0 Å². The summed E-state index contributed by atoms with van der Waals surface area (Å²) in [6.45, 7) is 9.01. The standard InChI is InChI=1S/C14H29NO/c1-12-5-7-13(8-6-12)15-11-14(2,3)9-10-16-4/h12-13,15H,5-11H2,1-4H3. The number of methoxy groups -OCH3 is 1. The summed E-state index contributed by atoms with van der Waals surface area (Å²) in [6.07, 6.45) is 6.66. The lowest BCUT2D eigenvalue weighted by Crippen LogP contribution is -2.39. The number of hydrogen-bond acceptors (Lipinski definition) is 2. The van der Waals surface area contributed by atoms with E-state index in [1.807, 2.05) is 0 Å². The quantitative estimate of drug-likeness (QED) is 0.752. The van der Waals surface area contributed by atoms with Crippen molar-refractivity contribution in [2.24, 2.45) is 11.3 Å². The zero-order valence-electron chi connectivity index (χ0n) is 11.5. The molecule has 0 aromatic carbocycles. The third-order valence-corrected chi connectivity index (χ3v) is 3.87. The molecule has 2 heteroatoms. The number of nitrogens with one attached hydrogen (secondary N) is 1. The second-order valence-electron chi connectivity index (χ2n) is 6.24. The van der Waals surface area contributed by atoms with Gasteiger partial charge in [0.15, 0.2) is 0 Å². The van der Waals surface area contributed by atoms with E-state index >= 15 is 0 Å². The first-order valence-corrected chi connectivity index (χ1v) is 6.76. The molecule has 96 valence electrons. The summed E-state index contributed by atoms with van der Waals surface area (Å²) >= 11 is 0. The Labute approximate surface area is 101 Å². The average Bonchev–Trinajstić information content (AvgIpc) is 2.26. The lowest BCUT2D eigenvalue weighted by atomic mass is 9.85. The fourth-order valence-corrected chi connectivity index (χ4v) is 2.35. The molecule has 16 heavy (non-hydrogen) atoms. The first-order valence-electron chi connectivity index (χ1n) is 6.76. The minimum atomic E-state index is 0.360. The topological polar surface area (TPSA) is 21.3 Å². The van der Waals surface area contributed by atoms with Gasteiger partial charge in [0.05, 0.1) is 0 Å². The third-order valence-electron chi connectivity index (χ3n) is 3.87. The summed E-state index contributed by atoms with van der Waals surface area (Å²) < 4.78 is 5.16. The largest absolute Gasteiger partial charge is 0.385 e. The molecule has 1 aliphatic carbocycles. The Morgan fingerprint density at radius 3 is 2.38 bits per heavy atom. The van der Waals surface area contributed by atoms with Crippen LogP contribution in [-0.4, -0.2) is 26.3 Å². The number of hydrogen-bond donors (Lipinski definition) is 1. The molecule has 1 N–H and O–H groups in total. The van der Waals surface area contributed by atoms with Crippen LogP contribution < -0.4 is 5.32 Å². The summed E-state index contributed by atoms with van der Waals surface area (Å²) in [5.74, 6) is 0.944. The summed E-state index contributed by atoms with van der Waals surface area (Å²) in [7, 11) is 1.78. The monoisotopic (exact) mass is 227 g/mol. The third kappa shape index (κ3) is 5.31. The van der Waals surface area contributed by atoms with Crippen molar-refractivity contribution in [3.63, 3.8) is 0 Å². The number of ether oxygens (including phenoxy) is 1. The average molecular weight is 227 g/mol. The van der Waals surface area contributed by atoms with Crippen LogP contribution in [0.2, 0.25) is 0 Å². The molecule has 0 bridgehead atoms. The molecule has 0 radical (unpaired) electrons. The van der Waals surface area contributed by atoms with Crippen molar-refractivity contribution in [3.8, 4) is 0 Å². The molecule has 0 atom stereocenters. The summed E-state index contributed by atoms with van der Waals surface area (Å²) in [4.78, 5) is 0. The van der Waals surface area contributed by atoms with Gasteiger partial charge >= 0.3 is 0 Å². The maximum atomic E-state index is 5.16. The van der Waals surface area contributed by atoms with E-state index in [2.05, 4.69) is 26.1 Å². The first kappa shape index (κ1) is 14.0. The molecule has 0 spiro atoms. The van der Waals surface area contributed by atoms with E-state index in [9.17, 15) is 0 Å². The van der Waals surface area contributed by atoms with Crippen LogP contribution in [0.4, 0.5) is 0 Å². The number of rotatable bonds is 6. The van der Waals surface area contributed by atoms with Crippen molar-refractivity contribution in [1.29, 1.82) is 0 Å². The van der Waals surface area contributed by atoms with Gasteiger partial charge in [0.2, 0.25) is 0 Å². The van der Waals surface area contributed by atoms with Crippen molar-refractivity contribution in [2.45, 2.75) is 58.9 Å². The Bertz CT molecular complexity index is 183. The first-order chi connectivity index (χ1) is 7.53. The van der Waals surface area contributed by atoms with Gasteiger partial charge in [-0.15, -0.1) is 0 Å².